The lowest BCUT2D eigenvalue weighted by Gasteiger charge is -2.16. The normalized spacial score (nSPS) is 12.3. The highest BCUT2D eigenvalue weighted by atomic mass is 35.5. The van der Waals surface area contributed by atoms with Crippen LogP contribution in [0.2, 0.25) is 15.1 Å². The molecule has 0 radical (unpaired) electrons. The fourth-order valence-electron chi connectivity index (χ4n) is 2.26. The molecule has 0 spiro atoms. The predicted molar refractivity (Wildman–Crippen MR) is 106 cm³/mol. The van der Waals surface area contributed by atoms with E-state index in [-0.39, 0.29) is 15.5 Å². The number of nitrogens with two attached hydrogens (primary N) is 1. The van der Waals surface area contributed by atoms with Crippen molar-refractivity contribution in [3.8, 4) is 0 Å². The van der Waals surface area contributed by atoms with Gasteiger partial charge < -0.3 is 10.1 Å². The first-order valence-electron chi connectivity index (χ1n) is 7.73. The van der Waals surface area contributed by atoms with Crippen molar-refractivity contribution in [3.63, 3.8) is 0 Å². The lowest BCUT2D eigenvalue weighted by molar-refractivity contribution is -0.124. The molecule has 2 aromatic carbocycles. The van der Waals surface area contributed by atoms with Gasteiger partial charge in [0.05, 0.1) is 21.5 Å². The van der Waals surface area contributed by atoms with Crippen LogP contribution < -0.4 is 10.5 Å². The molecule has 0 aliphatic rings. The Labute approximate surface area is 176 Å². The van der Waals surface area contributed by atoms with Crippen molar-refractivity contribution in [3.05, 3.63) is 62.6 Å². The highest BCUT2D eigenvalue weighted by Crippen LogP contribution is 2.26. The molecule has 28 heavy (non-hydrogen) atoms. The fraction of sp³-hybridized carbons (Fsp3) is 0.176. The highest BCUT2D eigenvalue weighted by molar-refractivity contribution is 7.89. The van der Waals surface area contributed by atoms with Crippen LogP contribution >= 0.6 is 34.8 Å². The molecule has 0 aliphatic heterocycles. The van der Waals surface area contributed by atoms with Gasteiger partial charge in [0.2, 0.25) is 10.0 Å². The zero-order valence-corrected chi connectivity index (χ0v) is 17.5. The van der Waals surface area contributed by atoms with E-state index < -0.39 is 34.5 Å². The first-order chi connectivity index (χ1) is 13.0. The summed E-state index contributed by atoms with van der Waals surface area (Å²) in [6.45, 7) is 1.09. The van der Waals surface area contributed by atoms with Gasteiger partial charge in [-0.25, -0.2) is 18.4 Å². The van der Waals surface area contributed by atoms with Crippen molar-refractivity contribution in [2.24, 2.45) is 5.14 Å². The lowest BCUT2D eigenvalue weighted by Crippen LogP contribution is -2.31. The summed E-state index contributed by atoms with van der Waals surface area (Å²) in [5.74, 6) is -1.56. The Kier molecular flexibility index (Phi) is 7.30. The Morgan fingerprint density at radius 1 is 1.11 bits per heavy atom. The van der Waals surface area contributed by atoms with Crippen LogP contribution in [-0.4, -0.2) is 26.9 Å². The summed E-state index contributed by atoms with van der Waals surface area (Å²) < 4.78 is 27.7. The van der Waals surface area contributed by atoms with E-state index in [1.54, 1.807) is 25.1 Å². The second-order valence-corrected chi connectivity index (χ2v) is 8.53. The monoisotopic (exact) mass is 464 g/mol. The molecule has 0 heterocycles. The van der Waals surface area contributed by atoms with Gasteiger partial charge in [0.1, 0.15) is 0 Å². The number of hydrogen-bond donors (Lipinski definition) is 2. The first-order valence-corrected chi connectivity index (χ1v) is 10.4. The molecular formula is C17H15Cl3N2O5S. The summed E-state index contributed by atoms with van der Waals surface area (Å²) in [6, 6.07) is 7.70. The summed E-state index contributed by atoms with van der Waals surface area (Å²) in [5.41, 5.74) is 0.407. The maximum absolute atomic E-state index is 12.1. The molecular weight excluding hydrogens is 451 g/mol. The second-order valence-electron chi connectivity index (χ2n) is 5.72. The Hall–Kier alpha value is -1.84. The van der Waals surface area contributed by atoms with E-state index in [4.69, 9.17) is 44.7 Å². The van der Waals surface area contributed by atoms with Gasteiger partial charge >= 0.3 is 5.97 Å². The number of hydrogen-bond acceptors (Lipinski definition) is 5. The van der Waals surface area contributed by atoms with E-state index >= 15 is 0 Å². The van der Waals surface area contributed by atoms with E-state index in [2.05, 4.69) is 5.32 Å². The number of benzene rings is 2. The van der Waals surface area contributed by atoms with E-state index in [1.807, 2.05) is 0 Å². The van der Waals surface area contributed by atoms with Crippen LogP contribution in [0.25, 0.3) is 0 Å². The lowest BCUT2D eigenvalue weighted by atomic mass is 10.1. The number of carbonyl (C=O) groups is 2. The topological polar surface area (TPSA) is 116 Å². The van der Waals surface area contributed by atoms with Crippen LogP contribution in [0, 0.1) is 0 Å². The minimum Gasteiger partial charge on any atom is -0.452 e. The molecule has 0 saturated carbocycles. The number of halogens is 3. The van der Waals surface area contributed by atoms with E-state index in [0.29, 0.717) is 15.6 Å². The number of amides is 1. The average molecular weight is 466 g/mol. The number of sulfonamides is 1. The number of ether oxygens (including phenoxy) is 1. The molecule has 1 atom stereocenters. The largest absolute Gasteiger partial charge is 0.452 e. The van der Waals surface area contributed by atoms with Gasteiger partial charge in [-0.05, 0) is 42.8 Å². The van der Waals surface area contributed by atoms with Crippen molar-refractivity contribution < 1.29 is 22.7 Å². The van der Waals surface area contributed by atoms with Gasteiger partial charge in [0, 0.05) is 10.0 Å². The number of rotatable bonds is 6. The number of esters is 1. The van der Waals surface area contributed by atoms with Gasteiger partial charge in [0.25, 0.3) is 5.91 Å². The first kappa shape index (κ1) is 22.4. The van der Waals surface area contributed by atoms with Crippen molar-refractivity contribution in [2.45, 2.75) is 17.9 Å². The summed E-state index contributed by atoms with van der Waals surface area (Å²) in [5, 5.41) is 8.44. The SMILES string of the molecule is CC(NC(=O)COC(=O)c1cc(S(N)(=O)=O)ccc1Cl)c1ccc(Cl)cc1Cl. The smallest absolute Gasteiger partial charge is 0.340 e. The molecule has 0 saturated heterocycles. The molecule has 3 N–H and O–H groups in total. The van der Waals surface area contributed by atoms with E-state index in [1.165, 1.54) is 6.07 Å². The standard InChI is InChI=1S/C17H15Cl3N2O5S/c1-9(12-4-2-10(18)6-15(12)20)22-16(23)8-27-17(24)13-7-11(28(21,25)26)3-5-14(13)19/h2-7,9H,8H2,1H3,(H,22,23)(H2,21,25,26). The van der Waals surface area contributed by atoms with Crippen LogP contribution in [0.4, 0.5) is 0 Å². The average Bonchev–Trinajstić information content (AvgIpc) is 2.58. The van der Waals surface area contributed by atoms with Gasteiger partial charge in [0.15, 0.2) is 6.61 Å². The molecule has 150 valence electrons. The van der Waals surface area contributed by atoms with Crippen molar-refractivity contribution in [1.82, 2.24) is 5.32 Å². The zero-order chi connectivity index (χ0) is 21.1. The molecule has 0 aromatic heterocycles. The van der Waals surface area contributed by atoms with Gasteiger partial charge in [-0.3, -0.25) is 4.79 Å². The van der Waals surface area contributed by atoms with Crippen LogP contribution in [-0.2, 0) is 19.6 Å². The van der Waals surface area contributed by atoms with Crippen LogP contribution in [0.5, 0.6) is 0 Å². The highest BCUT2D eigenvalue weighted by Gasteiger charge is 2.19. The maximum Gasteiger partial charge on any atom is 0.340 e. The van der Waals surface area contributed by atoms with Gasteiger partial charge in [-0.2, -0.15) is 0 Å². The molecule has 11 heteroatoms. The number of nitrogens with one attached hydrogen (secondary N) is 1. The molecule has 1 unspecified atom stereocenters. The fourth-order valence-corrected chi connectivity index (χ4v) is 3.57. The van der Waals surface area contributed by atoms with Crippen molar-refractivity contribution in [2.75, 3.05) is 6.61 Å². The Morgan fingerprint density at radius 2 is 1.79 bits per heavy atom. The molecule has 1 amide bonds. The van der Waals surface area contributed by atoms with Crippen molar-refractivity contribution >= 4 is 56.7 Å². The number of primary sulfonamides is 1. The summed E-state index contributed by atoms with van der Waals surface area (Å²) in [4.78, 5) is 23.9. The molecule has 7 nitrogen and oxygen atoms in total. The van der Waals surface area contributed by atoms with E-state index in [0.717, 1.165) is 12.1 Å². The summed E-state index contributed by atoms with van der Waals surface area (Å²) >= 11 is 17.8. The zero-order valence-electron chi connectivity index (χ0n) is 14.4. The second kappa shape index (κ2) is 9.11. The quantitative estimate of drug-likeness (QED) is 0.635. The molecule has 2 aromatic rings. The van der Waals surface area contributed by atoms with Crippen LogP contribution in [0.15, 0.2) is 41.3 Å². The van der Waals surface area contributed by atoms with Gasteiger partial charge in [-0.1, -0.05) is 40.9 Å². The minimum absolute atomic E-state index is 0.0425. The molecule has 0 bridgehead atoms. The van der Waals surface area contributed by atoms with Gasteiger partial charge in [-0.15, -0.1) is 0 Å². The Balaban J connectivity index is 2.02. The Morgan fingerprint density at radius 3 is 2.39 bits per heavy atom. The third-order valence-electron chi connectivity index (χ3n) is 3.63. The van der Waals surface area contributed by atoms with Crippen molar-refractivity contribution in [1.29, 1.82) is 0 Å². The summed E-state index contributed by atoms with van der Waals surface area (Å²) in [7, 11) is -4.03. The Bertz CT molecular complexity index is 1030. The van der Waals surface area contributed by atoms with Crippen LogP contribution in [0.1, 0.15) is 28.9 Å². The number of carbonyl (C=O) groups excluding carboxylic acids is 2. The third kappa shape index (κ3) is 5.83. The van der Waals surface area contributed by atoms with E-state index in [9.17, 15) is 18.0 Å². The maximum atomic E-state index is 12.1. The molecule has 2 rings (SSSR count). The minimum atomic E-state index is -4.03. The summed E-state index contributed by atoms with van der Waals surface area (Å²) in [6.07, 6.45) is 0. The molecule has 0 fully saturated rings. The molecule has 0 aliphatic carbocycles. The predicted octanol–water partition coefficient (Wildman–Crippen LogP) is 3.33. The van der Waals surface area contributed by atoms with Crippen LogP contribution in [0.3, 0.4) is 0 Å². The third-order valence-corrected chi connectivity index (χ3v) is 5.43.